The molecule has 1 amide bonds. The van der Waals surface area contributed by atoms with Crippen LogP contribution in [0.4, 0.5) is 5.69 Å². The Balaban J connectivity index is 1.84. The van der Waals surface area contributed by atoms with Crippen LogP contribution in [0.25, 0.3) is 22.3 Å². The highest BCUT2D eigenvalue weighted by molar-refractivity contribution is 6.13. The van der Waals surface area contributed by atoms with Gasteiger partial charge in [0.2, 0.25) is 0 Å². The number of carbonyl (C=O) groups is 1. The Morgan fingerprint density at radius 2 is 1.77 bits per heavy atom. The summed E-state index contributed by atoms with van der Waals surface area (Å²) in [6.07, 6.45) is 0. The van der Waals surface area contributed by atoms with E-state index in [-0.39, 0.29) is 5.91 Å². The van der Waals surface area contributed by atoms with Crippen molar-refractivity contribution in [3.8, 4) is 17.0 Å². The topological polar surface area (TPSA) is 69.0 Å². The van der Waals surface area contributed by atoms with Gasteiger partial charge in [0.05, 0.1) is 29.4 Å². The number of benzene rings is 2. The predicted octanol–water partition coefficient (Wildman–Crippen LogP) is 4.82. The molecule has 1 N–H and O–H groups in total. The monoisotopic (exact) mass is 400 g/mol. The number of rotatable bonds is 4. The number of ether oxygens (including phenoxy) is 1. The molecule has 0 bridgehead atoms. The molecule has 6 nitrogen and oxygen atoms in total. The Hall–Kier alpha value is -3.67. The molecular weight excluding hydrogens is 376 g/mol. The van der Waals surface area contributed by atoms with Crippen LogP contribution in [-0.2, 0) is 7.05 Å². The number of fused-ring (bicyclic) bond motifs is 1. The number of anilines is 1. The van der Waals surface area contributed by atoms with Crippen molar-refractivity contribution >= 4 is 22.6 Å². The van der Waals surface area contributed by atoms with Gasteiger partial charge in [-0.25, -0.2) is 4.98 Å². The van der Waals surface area contributed by atoms with Crippen LogP contribution in [-0.4, -0.2) is 27.8 Å². The van der Waals surface area contributed by atoms with Crippen LogP contribution < -0.4 is 10.1 Å². The molecule has 0 saturated heterocycles. The number of pyridine rings is 1. The quantitative estimate of drug-likeness (QED) is 0.533. The lowest BCUT2D eigenvalue weighted by Gasteiger charge is -2.12. The smallest absolute Gasteiger partial charge is 0.256 e. The van der Waals surface area contributed by atoms with Crippen LogP contribution >= 0.6 is 0 Å². The molecule has 30 heavy (non-hydrogen) atoms. The summed E-state index contributed by atoms with van der Waals surface area (Å²) >= 11 is 0. The van der Waals surface area contributed by atoms with Gasteiger partial charge in [0, 0.05) is 18.3 Å². The Morgan fingerprint density at radius 1 is 1.03 bits per heavy atom. The van der Waals surface area contributed by atoms with Gasteiger partial charge < -0.3 is 10.1 Å². The van der Waals surface area contributed by atoms with Crippen molar-refractivity contribution < 1.29 is 9.53 Å². The van der Waals surface area contributed by atoms with E-state index >= 15 is 0 Å². The van der Waals surface area contributed by atoms with E-state index in [1.54, 1.807) is 11.8 Å². The highest BCUT2D eigenvalue weighted by Crippen LogP contribution is 2.29. The van der Waals surface area contributed by atoms with E-state index in [9.17, 15) is 4.79 Å². The lowest BCUT2D eigenvalue weighted by Crippen LogP contribution is -2.14. The molecule has 6 heteroatoms. The van der Waals surface area contributed by atoms with Crippen molar-refractivity contribution in [3.63, 3.8) is 0 Å². The molecule has 2 aromatic carbocycles. The third kappa shape index (κ3) is 3.52. The summed E-state index contributed by atoms with van der Waals surface area (Å²) in [5.74, 6) is 0.589. The van der Waals surface area contributed by atoms with Gasteiger partial charge in [-0.2, -0.15) is 5.10 Å². The third-order valence-corrected chi connectivity index (χ3v) is 5.24. The number of aromatic nitrogens is 3. The molecule has 4 rings (SSSR count). The van der Waals surface area contributed by atoms with Crippen LogP contribution in [0, 0.1) is 20.8 Å². The standard InChI is InChI=1S/C24H24N4O2/c1-14-6-7-15(2)20(12-14)26-24(29)19-13-21(17-8-10-18(30-5)11-9-17)25-23-22(19)16(3)27-28(23)4/h6-13H,1-5H3,(H,26,29). The first-order chi connectivity index (χ1) is 14.4. The molecule has 0 unspecified atom stereocenters. The summed E-state index contributed by atoms with van der Waals surface area (Å²) < 4.78 is 6.96. The summed E-state index contributed by atoms with van der Waals surface area (Å²) in [7, 11) is 3.47. The van der Waals surface area contributed by atoms with Gasteiger partial charge in [-0.15, -0.1) is 0 Å². The highest BCUT2D eigenvalue weighted by Gasteiger charge is 2.20. The second-order valence-electron chi connectivity index (χ2n) is 7.46. The van der Waals surface area contributed by atoms with Crippen LogP contribution in [0.5, 0.6) is 5.75 Å². The molecule has 2 heterocycles. The minimum atomic E-state index is -0.179. The maximum atomic E-state index is 13.3. The Labute approximate surface area is 175 Å². The summed E-state index contributed by atoms with van der Waals surface area (Å²) in [4.78, 5) is 18.1. The number of hydrogen-bond donors (Lipinski definition) is 1. The molecule has 0 aliphatic heterocycles. The van der Waals surface area contributed by atoms with Crippen LogP contribution in [0.15, 0.2) is 48.5 Å². The van der Waals surface area contributed by atoms with Crippen LogP contribution in [0.2, 0.25) is 0 Å². The van der Waals surface area contributed by atoms with Crippen LogP contribution in [0.3, 0.4) is 0 Å². The Morgan fingerprint density at radius 3 is 2.47 bits per heavy atom. The van der Waals surface area contributed by atoms with Gasteiger partial charge in [-0.1, -0.05) is 12.1 Å². The molecule has 0 aliphatic carbocycles. The molecule has 0 spiro atoms. The second kappa shape index (κ2) is 7.63. The van der Waals surface area contributed by atoms with E-state index in [1.807, 2.05) is 76.3 Å². The molecule has 0 fully saturated rings. The molecule has 0 saturated carbocycles. The minimum absolute atomic E-state index is 0.179. The average molecular weight is 400 g/mol. The fourth-order valence-electron chi connectivity index (χ4n) is 3.59. The largest absolute Gasteiger partial charge is 0.497 e. The number of amides is 1. The summed E-state index contributed by atoms with van der Waals surface area (Å²) in [5, 5.41) is 8.32. The summed E-state index contributed by atoms with van der Waals surface area (Å²) in [6.45, 7) is 5.88. The van der Waals surface area contributed by atoms with Gasteiger partial charge in [0.25, 0.3) is 5.91 Å². The zero-order valence-corrected chi connectivity index (χ0v) is 17.8. The average Bonchev–Trinajstić information content (AvgIpc) is 3.03. The molecule has 152 valence electrons. The van der Waals surface area contributed by atoms with Crippen molar-refractivity contribution in [3.05, 3.63) is 70.9 Å². The van der Waals surface area contributed by atoms with Crippen molar-refractivity contribution in [2.24, 2.45) is 7.05 Å². The van der Waals surface area contributed by atoms with Gasteiger partial charge in [0.15, 0.2) is 5.65 Å². The van der Waals surface area contributed by atoms with E-state index in [1.165, 1.54) is 0 Å². The van der Waals surface area contributed by atoms with E-state index in [4.69, 9.17) is 9.72 Å². The fraction of sp³-hybridized carbons (Fsp3) is 0.208. The van der Waals surface area contributed by atoms with Crippen molar-refractivity contribution in [1.82, 2.24) is 14.8 Å². The Bertz CT molecular complexity index is 1260. The predicted molar refractivity (Wildman–Crippen MR) is 119 cm³/mol. The Kier molecular flexibility index (Phi) is 4.99. The van der Waals surface area contributed by atoms with Crippen LogP contribution in [0.1, 0.15) is 27.2 Å². The van der Waals surface area contributed by atoms with E-state index < -0.39 is 0 Å². The van der Waals surface area contributed by atoms with Crippen molar-refractivity contribution in [2.45, 2.75) is 20.8 Å². The first-order valence-electron chi connectivity index (χ1n) is 9.74. The lowest BCUT2D eigenvalue weighted by molar-refractivity contribution is 0.102. The summed E-state index contributed by atoms with van der Waals surface area (Å²) in [5.41, 5.74) is 6.51. The zero-order chi connectivity index (χ0) is 21.4. The summed E-state index contributed by atoms with van der Waals surface area (Å²) in [6, 6.07) is 15.5. The first kappa shape index (κ1) is 19.6. The zero-order valence-electron chi connectivity index (χ0n) is 17.8. The van der Waals surface area contributed by atoms with Gasteiger partial charge in [0.1, 0.15) is 5.75 Å². The molecule has 2 aromatic heterocycles. The molecular formula is C24H24N4O2. The van der Waals surface area contributed by atoms with Gasteiger partial charge in [-0.3, -0.25) is 9.48 Å². The molecule has 0 radical (unpaired) electrons. The second-order valence-corrected chi connectivity index (χ2v) is 7.46. The van der Waals surface area contributed by atoms with E-state index in [0.29, 0.717) is 16.9 Å². The maximum Gasteiger partial charge on any atom is 0.256 e. The maximum absolute atomic E-state index is 13.3. The van der Waals surface area contributed by atoms with Gasteiger partial charge >= 0.3 is 0 Å². The van der Waals surface area contributed by atoms with Crippen molar-refractivity contribution in [2.75, 3.05) is 12.4 Å². The molecule has 0 atom stereocenters. The van der Waals surface area contributed by atoms with Gasteiger partial charge in [-0.05, 0) is 68.3 Å². The molecule has 0 aliphatic rings. The minimum Gasteiger partial charge on any atom is -0.497 e. The van der Waals surface area contributed by atoms with E-state index in [2.05, 4.69) is 10.4 Å². The first-order valence-corrected chi connectivity index (χ1v) is 9.74. The normalized spacial score (nSPS) is 11.0. The SMILES string of the molecule is COc1ccc(-c2cc(C(=O)Nc3cc(C)ccc3C)c3c(C)nn(C)c3n2)cc1. The number of carbonyl (C=O) groups excluding carboxylic acids is 1. The fourth-order valence-corrected chi connectivity index (χ4v) is 3.59. The number of aryl methyl sites for hydroxylation is 4. The third-order valence-electron chi connectivity index (χ3n) is 5.24. The highest BCUT2D eigenvalue weighted by atomic mass is 16.5. The van der Waals surface area contributed by atoms with E-state index in [0.717, 1.165) is 39.2 Å². The number of nitrogens with zero attached hydrogens (tertiary/aromatic N) is 3. The lowest BCUT2D eigenvalue weighted by atomic mass is 10.0. The van der Waals surface area contributed by atoms with Crippen molar-refractivity contribution in [1.29, 1.82) is 0 Å². The molecule has 4 aromatic rings. The number of hydrogen-bond acceptors (Lipinski definition) is 4. The number of nitrogens with one attached hydrogen (secondary N) is 1. The number of methoxy groups -OCH3 is 1.